The van der Waals surface area contributed by atoms with Crippen molar-refractivity contribution in [2.45, 2.75) is 13.0 Å². The van der Waals surface area contributed by atoms with E-state index in [1.54, 1.807) is 18.2 Å². The van der Waals surface area contributed by atoms with E-state index in [2.05, 4.69) is 15.3 Å². The predicted molar refractivity (Wildman–Crippen MR) is 104 cm³/mol. The Morgan fingerprint density at radius 1 is 1.28 bits per heavy atom. The molecular weight excluding hydrogens is 429 g/mol. The lowest BCUT2D eigenvalue weighted by Crippen LogP contribution is -2.02. The number of benzene rings is 2. The second-order valence-corrected chi connectivity index (χ2v) is 6.47. The fourth-order valence-corrected chi connectivity index (χ4v) is 2.83. The highest BCUT2D eigenvalue weighted by Gasteiger charge is 2.16. The number of aromatic nitrogens is 3. The minimum atomic E-state index is -2.83. The van der Waals surface area contributed by atoms with Crippen LogP contribution < -0.4 is 9.47 Å². The van der Waals surface area contributed by atoms with Crippen LogP contribution in [0.2, 0.25) is 5.02 Å². The molecule has 1 heterocycles. The maximum Gasteiger partial charge on any atom is 0.299 e. The first-order valence-electron chi connectivity index (χ1n) is 8.13. The number of hydrogen-bond donors (Lipinski definition) is 1. The SMILES string of the molecule is COc1ccc(/C=N/n2c(C(F)F)n[nH]c2=S)cc1COc1ccc(F)cc1Cl. The summed E-state index contributed by atoms with van der Waals surface area (Å²) in [6.45, 7) is 0.0730. The van der Waals surface area contributed by atoms with E-state index in [0.717, 1.165) is 10.7 Å². The molecule has 2 aromatic carbocycles. The van der Waals surface area contributed by atoms with Gasteiger partial charge in [-0.15, -0.1) is 0 Å². The molecule has 0 aliphatic heterocycles. The van der Waals surface area contributed by atoms with Crippen LogP contribution in [0.3, 0.4) is 0 Å². The predicted octanol–water partition coefficient (Wildman–Crippen LogP) is 5.14. The van der Waals surface area contributed by atoms with Gasteiger partial charge < -0.3 is 9.47 Å². The van der Waals surface area contributed by atoms with Gasteiger partial charge in [-0.2, -0.15) is 14.9 Å². The van der Waals surface area contributed by atoms with Crippen LogP contribution in [0.4, 0.5) is 13.2 Å². The topological polar surface area (TPSA) is 64.4 Å². The third kappa shape index (κ3) is 4.96. The minimum absolute atomic E-state index is 0.0560. The molecule has 3 rings (SSSR count). The Morgan fingerprint density at radius 3 is 2.72 bits per heavy atom. The van der Waals surface area contributed by atoms with Crippen LogP contribution in [-0.2, 0) is 6.61 Å². The van der Waals surface area contributed by atoms with Crippen LogP contribution in [0.1, 0.15) is 23.4 Å². The van der Waals surface area contributed by atoms with Gasteiger partial charge in [0.05, 0.1) is 18.3 Å². The van der Waals surface area contributed by atoms with Gasteiger partial charge in [0.1, 0.15) is 23.9 Å². The van der Waals surface area contributed by atoms with Gasteiger partial charge in [0.25, 0.3) is 6.43 Å². The van der Waals surface area contributed by atoms with Gasteiger partial charge in [-0.1, -0.05) is 11.6 Å². The number of ether oxygens (including phenoxy) is 2. The lowest BCUT2D eigenvalue weighted by Gasteiger charge is -2.12. The van der Waals surface area contributed by atoms with E-state index in [9.17, 15) is 13.2 Å². The molecule has 0 saturated heterocycles. The first kappa shape index (κ1) is 20.9. The second-order valence-electron chi connectivity index (χ2n) is 5.68. The Balaban J connectivity index is 1.83. The molecule has 1 aromatic heterocycles. The summed E-state index contributed by atoms with van der Waals surface area (Å²) in [7, 11) is 1.50. The van der Waals surface area contributed by atoms with Crippen molar-refractivity contribution < 1.29 is 22.6 Å². The van der Waals surface area contributed by atoms with Crippen LogP contribution >= 0.6 is 23.8 Å². The van der Waals surface area contributed by atoms with Crippen molar-refractivity contribution in [2.24, 2.45) is 5.10 Å². The molecule has 1 N–H and O–H groups in total. The molecule has 3 aromatic rings. The number of rotatable bonds is 7. The zero-order valence-electron chi connectivity index (χ0n) is 14.9. The van der Waals surface area contributed by atoms with Crippen LogP contribution in [0.5, 0.6) is 11.5 Å². The van der Waals surface area contributed by atoms with Gasteiger partial charge in [0.2, 0.25) is 10.6 Å². The lowest BCUT2D eigenvalue weighted by atomic mass is 10.1. The van der Waals surface area contributed by atoms with E-state index in [-0.39, 0.29) is 16.4 Å². The highest BCUT2D eigenvalue weighted by molar-refractivity contribution is 7.71. The van der Waals surface area contributed by atoms with E-state index in [1.807, 2.05) is 0 Å². The van der Waals surface area contributed by atoms with Gasteiger partial charge >= 0.3 is 0 Å². The molecule has 11 heteroatoms. The van der Waals surface area contributed by atoms with Crippen molar-refractivity contribution in [3.05, 3.63) is 69.0 Å². The summed E-state index contributed by atoms with van der Waals surface area (Å²) in [5.41, 5.74) is 1.22. The molecule has 6 nitrogen and oxygen atoms in total. The van der Waals surface area contributed by atoms with Gasteiger partial charge in [-0.05, 0) is 54.2 Å². The highest BCUT2D eigenvalue weighted by atomic mass is 35.5. The molecule has 0 bridgehead atoms. The molecule has 0 unspecified atom stereocenters. The first-order chi connectivity index (χ1) is 13.9. The van der Waals surface area contributed by atoms with Gasteiger partial charge in [-0.3, -0.25) is 0 Å². The summed E-state index contributed by atoms with van der Waals surface area (Å²) in [6, 6.07) is 8.86. The summed E-state index contributed by atoms with van der Waals surface area (Å²) in [5, 5.41) is 9.83. The molecule has 0 aliphatic carbocycles. The van der Waals surface area contributed by atoms with Gasteiger partial charge in [0.15, 0.2) is 0 Å². The molecule has 0 saturated carbocycles. The lowest BCUT2D eigenvalue weighted by molar-refractivity contribution is 0.136. The third-order valence-corrected chi connectivity index (χ3v) is 4.33. The van der Waals surface area contributed by atoms with Crippen molar-refractivity contribution >= 4 is 30.0 Å². The summed E-state index contributed by atoms with van der Waals surface area (Å²) < 4.78 is 50.8. The summed E-state index contributed by atoms with van der Waals surface area (Å²) in [5.74, 6) is -0.220. The zero-order valence-corrected chi connectivity index (χ0v) is 16.5. The Hall–Kier alpha value is -2.85. The number of methoxy groups -OCH3 is 1. The molecule has 0 radical (unpaired) electrons. The molecule has 0 spiro atoms. The Labute approximate surface area is 173 Å². The standard InChI is InChI=1S/C18H14ClF3N4O2S/c1-27-14-4-2-10(8-23-26-17(16(21)22)24-25-18(26)29)6-11(14)9-28-15-5-3-12(20)7-13(15)19/h2-8,16H,9H2,1H3,(H,25,29)/b23-8+. The summed E-state index contributed by atoms with van der Waals surface area (Å²) in [4.78, 5) is 0. The number of hydrogen-bond acceptors (Lipinski definition) is 5. The molecule has 152 valence electrons. The fraction of sp³-hybridized carbons (Fsp3) is 0.167. The fourth-order valence-electron chi connectivity index (χ4n) is 2.42. The normalized spacial score (nSPS) is 11.4. The molecular formula is C18H14ClF3N4O2S. The van der Waals surface area contributed by atoms with Crippen LogP contribution in [0, 0.1) is 10.6 Å². The highest BCUT2D eigenvalue weighted by Crippen LogP contribution is 2.27. The van der Waals surface area contributed by atoms with Crippen molar-refractivity contribution in [1.29, 1.82) is 0 Å². The molecule has 0 atom stereocenters. The number of halogens is 4. The minimum Gasteiger partial charge on any atom is -0.496 e. The maximum absolute atomic E-state index is 13.2. The molecule has 29 heavy (non-hydrogen) atoms. The Morgan fingerprint density at radius 2 is 2.03 bits per heavy atom. The van der Waals surface area contributed by atoms with Crippen molar-refractivity contribution in [2.75, 3.05) is 7.11 Å². The number of H-pyrrole nitrogens is 1. The number of nitrogens with one attached hydrogen (secondary N) is 1. The van der Waals surface area contributed by atoms with E-state index >= 15 is 0 Å². The van der Waals surface area contributed by atoms with Crippen molar-refractivity contribution in [3.63, 3.8) is 0 Å². The summed E-state index contributed by atoms with van der Waals surface area (Å²) >= 11 is 10.9. The number of aromatic amines is 1. The van der Waals surface area contributed by atoms with Gasteiger partial charge in [-0.25, -0.2) is 18.3 Å². The number of nitrogens with zero attached hydrogens (tertiary/aromatic N) is 3. The Kier molecular flexibility index (Phi) is 6.55. The van der Waals surface area contributed by atoms with E-state index < -0.39 is 18.1 Å². The Bertz CT molecular complexity index is 1100. The average molecular weight is 443 g/mol. The molecule has 0 aliphatic rings. The molecule has 0 fully saturated rings. The molecule has 0 amide bonds. The number of alkyl halides is 2. The third-order valence-electron chi connectivity index (χ3n) is 3.77. The second kappa shape index (κ2) is 9.10. The van der Waals surface area contributed by atoms with E-state index in [0.29, 0.717) is 22.6 Å². The quantitative estimate of drug-likeness (QED) is 0.406. The van der Waals surface area contributed by atoms with Crippen LogP contribution in [0.15, 0.2) is 41.5 Å². The van der Waals surface area contributed by atoms with E-state index in [1.165, 1.54) is 25.5 Å². The zero-order chi connectivity index (χ0) is 21.0. The van der Waals surface area contributed by atoms with Crippen LogP contribution in [-0.4, -0.2) is 28.2 Å². The maximum atomic E-state index is 13.2. The smallest absolute Gasteiger partial charge is 0.299 e. The average Bonchev–Trinajstić information content (AvgIpc) is 3.06. The van der Waals surface area contributed by atoms with Crippen LogP contribution in [0.25, 0.3) is 0 Å². The van der Waals surface area contributed by atoms with Crippen molar-refractivity contribution in [3.8, 4) is 11.5 Å². The summed E-state index contributed by atoms with van der Waals surface area (Å²) in [6.07, 6.45) is -1.48. The van der Waals surface area contributed by atoms with Crippen molar-refractivity contribution in [1.82, 2.24) is 14.9 Å². The van der Waals surface area contributed by atoms with E-state index in [4.69, 9.17) is 33.3 Å². The van der Waals surface area contributed by atoms with Gasteiger partial charge in [0, 0.05) is 5.56 Å². The largest absolute Gasteiger partial charge is 0.496 e. The first-order valence-corrected chi connectivity index (χ1v) is 8.92. The monoisotopic (exact) mass is 442 g/mol.